The molecule has 12 heavy (non-hydrogen) atoms. The number of pyridine rings is 1. The van der Waals surface area contributed by atoms with Crippen LogP contribution in [0.5, 0.6) is 0 Å². The van der Waals surface area contributed by atoms with E-state index in [1.54, 1.807) is 0 Å². The molecule has 1 aromatic rings. The van der Waals surface area contributed by atoms with Gasteiger partial charge in [-0.05, 0) is 25.1 Å². The summed E-state index contributed by atoms with van der Waals surface area (Å²) in [6.45, 7) is 1.41. The maximum absolute atomic E-state index is 12.8. The summed E-state index contributed by atoms with van der Waals surface area (Å²) in [6, 6.07) is 1.51. The van der Waals surface area contributed by atoms with Gasteiger partial charge in [0.25, 0.3) is 0 Å². The van der Waals surface area contributed by atoms with Crippen molar-refractivity contribution in [1.82, 2.24) is 4.98 Å². The van der Waals surface area contributed by atoms with E-state index < -0.39 is 5.82 Å². The molecule has 0 radical (unpaired) electrons. The number of allylic oxidation sites excluding steroid dienone is 1. The Labute approximate surface area is 69.7 Å². The highest BCUT2D eigenvalue weighted by atomic mass is 19.1. The molecule has 1 heterocycles. The van der Waals surface area contributed by atoms with E-state index in [9.17, 15) is 9.18 Å². The second-order valence-electron chi connectivity index (χ2n) is 2.34. The molecule has 0 atom stereocenters. The minimum absolute atomic E-state index is 0.105. The molecule has 0 aliphatic carbocycles. The predicted octanol–water partition coefficient (Wildman–Crippen LogP) is 1.82. The van der Waals surface area contributed by atoms with Gasteiger partial charge in [-0.15, -0.1) is 0 Å². The van der Waals surface area contributed by atoms with Gasteiger partial charge >= 0.3 is 0 Å². The van der Waals surface area contributed by atoms with Gasteiger partial charge in [0.15, 0.2) is 5.78 Å². The van der Waals surface area contributed by atoms with E-state index in [0.29, 0.717) is 5.56 Å². The van der Waals surface area contributed by atoms with E-state index in [4.69, 9.17) is 0 Å². The first-order chi connectivity index (χ1) is 5.70. The first-order valence-electron chi connectivity index (χ1n) is 3.48. The van der Waals surface area contributed by atoms with E-state index in [1.807, 2.05) is 0 Å². The van der Waals surface area contributed by atoms with Crippen LogP contribution in [-0.2, 0) is 4.79 Å². The molecule has 0 unspecified atom stereocenters. The van der Waals surface area contributed by atoms with Gasteiger partial charge in [-0.3, -0.25) is 9.78 Å². The lowest BCUT2D eigenvalue weighted by Crippen LogP contribution is -1.85. The second-order valence-corrected chi connectivity index (χ2v) is 2.34. The third-order valence-corrected chi connectivity index (χ3v) is 1.30. The summed E-state index contributed by atoms with van der Waals surface area (Å²) in [5.41, 5.74) is 0.375. The van der Waals surface area contributed by atoms with Gasteiger partial charge in [-0.1, -0.05) is 0 Å². The number of nitrogens with zero attached hydrogens (tertiary/aromatic N) is 1. The van der Waals surface area contributed by atoms with Gasteiger partial charge in [0.05, 0.1) is 6.20 Å². The SMILES string of the molecule is CC(=O)/C=C/c1ccncc1F. The van der Waals surface area contributed by atoms with Crippen molar-refractivity contribution in [3.63, 3.8) is 0 Å². The van der Waals surface area contributed by atoms with Crippen LogP contribution in [0.3, 0.4) is 0 Å². The fourth-order valence-electron chi connectivity index (χ4n) is 0.728. The average molecular weight is 165 g/mol. The minimum Gasteiger partial charge on any atom is -0.295 e. The number of carbonyl (C=O) groups excluding carboxylic acids is 1. The number of hydrogen-bond acceptors (Lipinski definition) is 2. The third kappa shape index (κ3) is 2.27. The van der Waals surface area contributed by atoms with Crippen LogP contribution in [0.25, 0.3) is 6.08 Å². The van der Waals surface area contributed by atoms with Gasteiger partial charge in [0.1, 0.15) is 5.82 Å². The highest BCUT2D eigenvalue weighted by Crippen LogP contribution is 2.05. The molecule has 0 spiro atoms. The quantitative estimate of drug-likeness (QED) is 0.625. The zero-order chi connectivity index (χ0) is 8.97. The Balaban J connectivity index is 2.89. The summed E-state index contributed by atoms with van der Waals surface area (Å²) in [5, 5.41) is 0. The minimum atomic E-state index is -0.421. The number of halogens is 1. The normalized spacial score (nSPS) is 10.5. The Kier molecular flexibility index (Phi) is 2.69. The Morgan fingerprint density at radius 1 is 1.67 bits per heavy atom. The molecular weight excluding hydrogens is 157 g/mol. The summed E-state index contributed by atoms with van der Waals surface area (Å²) < 4.78 is 12.8. The fraction of sp³-hybridized carbons (Fsp3) is 0.111. The summed E-state index contributed by atoms with van der Waals surface area (Å²) in [6.07, 6.45) is 5.33. The first kappa shape index (κ1) is 8.59. The van der Waals surface area contributed by atoms with Crippen LogP contribution < -0.4 is 0 Å². The molecule has 1 aromatic heterocycles. The molecule has 0 amide bonds. The number of ketones is 1. The van der Waals surface area contributed by atoms with E-state index in [0.717, 1.165) is 6.20 Å². The van der Waals surface area contributed by atoms with Crippen molar-refractivity contribution in [3.05, 3.63) is 35.9 Å². The van der Waals surface area contributed by atoms with Crippen LogP contribution in [-0.4, -0.2) is 10.8 Å². The van der Waals surface area contributed by atoms with Crippen molar-refractivity contribution in [2.45, 2.75) is 6.92 Å². The van der Waals surface area contributed by atoms with Gasteiger partial charge < -0.3 is 0 Å². The lowest BCUT2D eigenvalue weighted by Gasteiger charge is -1.92. The second kappa shape index (κ2) is 3.76. The summed E-state index contributed by atoms with van der Waals surface area (Å²) >= 11 is 0. The average Bonchev–Trinajstić information content (AvgIpc) is 2.03. The molecule has 0 aliphatic rings. The van der Waals surface area contributed by atoms with E-state index in [-0.39, 0.29) is 5.78 Å². The molecule has 0 fully saturated rings. The molecule has 0 aliphatic heterocycles. The molecule has 62 valence electrons. The molecule has 0 N–H and O–H groups in total. The highest BCUT2D eigenvalue weighted by molar-refractivity contribution is 5.91. The van der Waals surface area contributed by atoms with Gasteiger partial charge in [0.2, 0.25) is 0 Å². The van der Waals surface area contributed by atoms with Crippen molar-refractivity contribution in [1.29, 1.82) is 0 Å². The molecule has 1 rings (SSSR count). The third-order valence-electron chi connectivity index (χ3n) is 1.30. The molecule has 0 aromatic carbocycles. The van der Waals surface area contributed by atoms with Crippen LogP contribution in [0.2, 0.25) is 0 Å². The zero-order valence-electron chi connectivity index (χ0n) is 6.62. The van der Waals surface area contributed by atoms with E-state index in [1.165, 1.54) is 31.3 Å². The first-order valence-corrected chi connectivity index (χ1v) is 3.48. The molecule has 3 heteroatoms. The van der Waals surface area contributed by atoms with Crippen LogP contribution in [0.1, 0.15) is 12.5 Å². The van der Waals surface area contributed by atoms with Crippen LogP contribution in [0.15, 0.2) is 24.5 Å². The molecule has 0 saturated carbocycles. The molecule has 0 saturated heterocycles. The Morgan fingerprint density at radius 3 is 3.00 bits per heavy atom. The smallest absolute Gasteiger partial charge is 0.152 e. The topological polar surface area (TPSA) is 30.0 Å². The van der Waals surface area contributed by atoms with Gasteiger partial charge in [-0.2, -0.15) is 0 Å². The number of aromatic nitrogens is 1. The molecule has 2 nitrogen and oxygen atoms in total. The van der Waals surface area contributed by atoms with Crippen molar-refractivity contribution in [2.75, 3.05) is 0 Å². The number of carbonyl (C=O) groups is 1. The zero-order valence-corrected chi connectivity index (χ0v) is 6.62. The molecule has 0 bridgehead atoms. The number of hydrogen-bond donors (Lipinski definition) is 0. The van der Waals surface area contributed by atoms with Crippen molar-refractivity contribution >= 4 is 11.9 Å². The summed E-state index contributed by atoms with van der Waals surface area (Å²) in [7, 11) is 0. The maximum atomic E-state index is 12.8. The van der Waals surface area contributed by atoms with Crippen LogP contribution in [0, 0.1) is 5.82 Å². The van der Waals surface area contributed by atoms with Crippen LogP contribution in [0.4, 0.5) is 4.39 Å². The van der Waals surface area contributed by atoms with E-state index in [2.05, 4.69) is 4.98 Å². The van der Waals surface area contributed by atoms with Crippen LogP contribution >= 0.6 is 0 Å². The maximum Gasteiger partial charge on any atom is 0.152 e. The monoisotopic (exact) mass is 165 g/mol. The predicted molar refractivity (Wildman–Crippen MR) is 43.9 cm³/mol. The van der Waals surface area contributed by atoms with E-state index >= 15 is 0 Å². The lowest BCUT2D eigenvalue weighted by molar-refractivity contribution is -0.112. The standard InChI is InChI=1S/C9H8FNO/c1-7(12)2-3-8-4-5-11-6-9(8)10/h2-6H,1H3/b3-2+. The largest absolute Gasteiger partial charge is 0.295 e. The van der Waals surface area contributed by atoms with Crippen molar-refractivity contribution in [3.8, 4) is 0 Å². The Hall–Kier alpha value is -1.51. The highest BCUT2D eigenvalue weighted by Gasteiger charge is 1.95. The molecular formula is C9H8FNO. The Bertz CT molecular complexity index is 320. The fourth-order valence-corrected chi connectivity index (χ4v) is 0.728. The van der Waals surface area contributed by atoms with Gasteiger partial charge in [0, 0.05) is 11.8 Å². The summed E-state index contributed by atoms with van der Waals surface area (Å²) in [4.78, 5) is 14.1. The summed E-state index contributed by atoms with van der Waals surface area (Å²) in [5.74, 6) is -0.527. The number of rotatable bonds is 2. The van der Waals surface area contributed by atoms with Crippen molar-refractivity contribution < 1.29 is 9.18 Å². The lowest BCUT2D eigenvalue weighted by atomic mass is 10.2. The van der Waals surface area contributed by atoms with Gasteiger partial charge in [-0.25, -0.2) is 4.39 Å². The van der Waals surface area contributed by atoms with Crippen molar-refractivity contribution in [2.24, 2.45) is 0 Å². The Morgan fingerprint density at radius 2 is 2.42 bits per heavy atom.